The van der Waals surface area contributed by atoms with E-state index in [1.165, 1.54) is 11.3 Å². The molecule has 0 radical (unpaired) electrons. The molecule has 3 aromatic rings. The zero-order valence-corrected chi connectivity index (χ0v) is 17.8. The molecule has 3 rings (SSSR count). The number of aromatic nitrogens is 1. The van der Waals surface area contributed by atoms with Crippen LogP contribution in [0.2, 0.25) is 0 Å². The smallest absolute Gasteiger partial charge is 0.358 e. The second-order valence-electron chi connectivity index (χ2n) is 6.80. The number of hydrogen-bond donors (Lipinski definition) is 1. The number of hydrogen-bond acceptors (Lipinski definition) is 6. The molecule has 0 saturated heterocycles. The molecule has 0 spiro atoms. The van der Waals surface area contributed by atoms with E-state index in [1.807, 2.05) is 61.5 Å². The molecule has 1 unspecified atom stereocenters. The van der Waals surface area contributed by atoms with Crippen LogP contribution in [0.5, 0.6) is 5.75 Å². The monoisotopic (exact) mass is 424 g/mol. The second kappa shape index (κ2) is 10.5. The predicted molar refractivity (Wildman–Crippen MR) is 116 cm³/mol. The van der Waals surface area contributed by atoms with Crippen molar-refractivity contribution in [1.29, 1.82) is 0 Å². The molecule has 0 saturated carbocycles. The van der Waals surface area contributed by atoms with E-state index in [4.69, 9.17) is 9.47 Å². The van der Waals surface area contributed by atoms with Crippen molar-refractivity contribution in [3.8, 4) is 5.75 Å². The Bertz CT molecular complexity index is 970. The van der Waals surface area contributed by atoms with Gasteiger partial charge in [0.05, 0.1) is 0 Å². The minimum Gasteiger partial charge on any atom is -0.486 e. The molecule has 1 heterocycles. The highest BCUT2D eigenvalue weighted by Gasteiger charge is 2.20. The zero-order valence-electron chi connectivity index (χ0n) is 17.0. The molecule has 1 aromatic heterocycles. The van der Waals surface area contributed by atoms with Crippen LogP contribution in [0.25, 0.3) is 0 Å². The fraction of sp³-hybridized carbons (Fsp3) is 0.261. The van der Waals surface area contributed by atoms with Crippen LogP contribution in [-0.2, 0) is 22.6 Å². The van der Waals surface area contributed by atoms with E-state index in [0.29, 0.717) is 18.0 Å². The lowest BCUT2D eigenvalue weighted by Gasteiger charge is -2.12. The number of carbonyl (C=O) groups excluding carboxylic acids is 2. The summed E-state index contributed by atoms with van der Waals surface area (Å²) in [5.41, 5.74) is 2.46. The highest BCUT2D eigenvalue weighted by Crippen LogP contribution is 2.17. The average molecular weight is 425 g/mol. The molecule has 156 valence electrons. The third-order valence-corrected chi connectivity index (χ3v) is 5.18. The van der Waals surface area contributed by atoms with Crippen molar-refractivity contribution in [3.63, 3.8) is 0 Å². The summed E-state index contributed by atoms with van der Waals surface area (Å²) >= 11 is 1.31. The van der Waals surface area contributed by atoms with Gasteiger partial charge in [0.15, 0.2) is 11.8 Å². The number of nitrogens with one attached hydrogen (secondary N) is 1. The number of aryl methyl sites for hydroxylation is 1. The van der Waals surface area contributed by atoms with Gasteiger partial charge >= 0.3 is 5.97 Å². The fourth-order valence-electron chi connectivity index (χ4n) is 2.64. The Morgan fingerprint density at radius 3 is 2.57 bits per heavy atom. The molecule has 1 N–H and O–H groups in total. The molecule has 0 bridgehead atoms. The van der Waals surface area contributed by atoms with Gasteiger partial charge in [-0.1, -0.05) is 48.0 Å². The lowest BCUT2D eigenvalue weighted by atomic mass is 10.1. The van der Waals surface area contributed by atoms with Crippen LogP contribution in [0, 0.1) is 6.92 Å². The van der Waals surface area contributed by atoms with Gasteiger partial charge in [0, 0.05) is 11.9 Å². The van der Waals surface area contributed by atoms with Gasteiger partial charge < -0.3 is 14.8 Å². The number of amides is 1. The van der Waals surface area contributed by atoms with Gasteiger partial charge in [-0.2, -0.15) is 0 Å². The number of ether oxygens (including phenoxy) is 2. The first-order valence-corrected chi connectivity index (χ1v) is 10.6. The molecule has 0 aliphatic carbocycles. The Hall–Kier alpha value is -3.19. The standard InChI is InChI=1S/C23H24N2O4S/c1-16-8-10-19(11-9-16)28-14-21-25-20(15-30-21)23(27)29-17(2)22(26)24-13-12-18-6-4-3-5-7-18/h3-11,15,17H,12-14H2,1-2H3,(H,24,26). The average Bonchev–Trinajstić information content (AvgIpc) is 3.23. The third kappa shape index (κ3) is 6.42. The molecule has 30 heavy (non-hydrogen) atoms. The molecule has 2 aromatic carbocycles. The van der Waals surface area contributed by atoms with E-state index in [1.54, 1.807) is 12.3 Å². The number of benzene rings is 2. The van der Waals surface area contributed by atoms with Crippen molar-refractivity contribution < 1.29 is 19.1 Å². The van der Waals surface area contributed by atoms with Crippen LogP contribution < -0.4 is 10.1 Å². The van der Waals surface area contributed by atoms with E-state index in [9.17, 15) is 9.59 Å². The van der Waals surface area contributed by atoms with Gasteiger partial charge in [-0.05, 0) is 38.0 Å². The summed E-state index contributed by atoms with van der Waals surface area (Å²) < 4.78 is 10.9. The highest BCUT2D eigenvalue weighted by atomic mass is 32.1. The molecule has 7 heteroatoms. The van der Waals surface area contributed by atoms with Gasteiger partial charge in [0.1, 0.15) is 17.4 Å². The van der Waals surface area contributed by atoms with Crippen LogP contribution >= 0.6 is 11.3 Å². The summed E-state index contributed by atoms with van der Waals surface area (Å²) in [6, 6.07) is 17.5. The number of esters is 1. The Morgan fingerprint density at radius 1 is 1.10 bits per heavy atom. The molecule has 0 aliphatic heterocycles. The van der Waals surface area contributed by atoms with Crippen molar-refractivity contribution in [1.82, 2.24) is 10.3 Å². The molecule has 1 atom stereocenters. The number of thiazole rings is 1. The van der Waals surface area contributed by atoms with Crippen LogP contribution in [-0.4, -0.2) is 29.5 Å². The minimum atomic E-state index is -0.901. The summed E-state index contributed by atoms with van der Waals surface area (Å²) in [6.07, 6.45) is -0.189. The van der Waals surface area contributed by atoms with E-state index >= 15 is 0 Å². The van der Waals surface area contributed by atoms with Crippen LogP contribution in [0.4, 0.5) is 0 Å². The van der Waals surface area contributed by atoms with Gasteiger partial charge in [-0.3, -0.25) is 4.79 Å². The lowest BCUT2D eigenvalue weighted by Crippen LogP contribution is -2.37. The van der Waals surface area contributed by atoms with Crippen molar-refractivity contribution in [2.45, 2.75) is 33.0 Å². The van der Waals surface area contributed by atoms with Crippen molar-refractivity contribution in [3.05, 3.63) is 81.8 Å². The minimum absolute atomic E-state index is 0.173. The number of nitrogens with zero attached hydrogens (tertiary/aromatic N) is 1. The third-order valence-electron chi connectivity index (χ3n) is 4.35. The summed E-state index contributed by atoms with van der Waals surface area (Å²) in [7, 11) is 0. The van der Waals surface area contributed by atoms with Crippen LogP contribution in [0.3, 0.4) is 0 Å². The summed E-state index contributed by atoms with van der Waals surface area (Å²) in [5.74, 6) is -0.225. The first-order valence-electron chi connectivity index (χ1n) is 9.68. The summed E-state index contributed by atoms with van der Waals surface area (Å²) in [6.45, 7) is 4.29. The van der Waals surface area contributed by atoms with Crippen molar-refractivity contribution in [2.75, 3.05) is 6.54 Å². The quantitative estimate of drug-likeness (QED) is 0.527. The van der Waals surface area contributed by atoms with Crippen molar-refractivity contribution in [2.24, 2.45) is 0 Å². The summed E-state index contributed by atoms with van der Waals surface area (Å²) in [4.78, 5) is 28.7. The van der Waals surface area contributed by atoms with E-state index in [-0.39, 0.29) is 18.2 Å². The lowest BCUT2D eigenvalue weighted by molar-refractivity contribution is -0.129. The van der Waals surface area contributed by atoms with Gasteiger partial charge in [0.25, 0.3) is 5.91 Å². The Labute approximate surface area is 179 Å². The first-order chi connectivity index (χ1) is 14.5. The summed E-state index contributed by atoms with van der Waals surface area (Å²) in [5, 5.41) is 5.04. The number of rotatable bonds is 9. The van der Waals surface area contributed by atoms with E-state index in [2.05, 4.69) is 10.3 Å². The van der Waals surface area contributed by atoms with Crippen molar-refractivity contribution >= 4 is 23.2 Å². The molecule has 1 amide bonds. The maximum Gasteiger partial charge on any atom is 0.358 e. The van der Waals surface area contributed by atoms with Gasteiger partial charge in [-0.25, -0.2) is 9.78 Å². The van der Waals surface area contributed by atoms with E-state index < -0.39 is 12.1 Å². The maximum absolute atomic E-state index is 12.3. The Kier molecular flexibility index (Phi) is 7.57. The topological polar surface area (TPSA) is 77.5 Å². The molecule has 0 aliphatic rings. The Balaban J connectivity index is 1.43. The predicted octanol–water partition coefficient (Wildman–Crippen LogP) is 3.93. The molecular formula is C23H24N2O4S. The van der Waals surface area contributed by atoms with Gasteiger partial charge in [-0.15, -0.1) is 11.3 Å². The SMILES string of the molecule is Cc1ccc(OCc2nc(C(=O)OC(C)C(=O)NCCc3ccccc3)cs2)cc1. The molecule has 6 nitrogen and oxygen atoms in total. The van der Waals surface area contributed by atoms with E-state index in [0.717, 1.165) is 16.9 Å². The molecular weight excluding hydrogens is 400 g/mol. The second-order valence-corrected chi connectivity index (χ2v) is 7.75. The zero-order chi connectivity index (χ0) is 21.3. The molecule has 0 fully saturated rings. The van der Waals surface area contributed by atoms with Crippen LogP contribution in [0.1, 0.15) is 33.5 Å². The fourth-order valence-corrected chi connectivity index (χ4v) is 3.32. The Morgan fingerprint density at radius 2 is 1.83 bits per heavy atom. The largest absolute Gasteiger partial charge is 0.486 e. The highest BCUT2D eigenvalue weighted by molar-refractivity contribution is 7.09. The van der Waals surface area contributed by atoms with Crippen LogP contribution in [0.15, 0.2) is 60.0 Å². The first kappa shape index (κ1) is 21.5. The number of carbonyl (C=O) groups is 2. The normalized spacial score (nSPS) is 11.5. The van der Waals surface area contributed by atoms with Gasteiger partial charge in [0.2, 0.25) is 0 Å². The maximum atomic E-state index is 12.3.